The van der Waals surface area contributed by atoms with Crippen molar-refractivity contribution >= 4 is 40.8 Å². The number of rotatable bonds is 7. The molecule has 30 heavy (non-hydrogen) atoms. The number of carbonyl (C=O) groups is 2. The maximum Gasteiger partial charge on any atom is 0.441 e. The van der Waals surface area contributed by atoms with Crippen LogP contribution in [0.2, 0.25) is 10.0 Å². The summed E-state index contributed by atoms with van der Waals surface area (Å²) in [6, 6.07) is 8.78. The molecule has 0 aliphatic heterocycles. The summed E-state index contributed by atoms with van der Waals surface area (Å²) in [4.78, 5) is 25.0. The van der Waals surface area contributed by atoms with Crippen LogP contribution in [-0.2, 0) is 9.53 Å². The second-order valence-corrected chi connectivity index (χ2v) is 6.72. The first-order valence-corrected chi connectivity index (χ1v) is 9.23. The number of nitrogens with one attached hydrogen (secondary N) is 2. The lowest BCUT2D eigenvalue weighted by molar-refractivity contribution is -0.204. The van der Waals surface area contributed by atoms with Gasteiger partial charge in [0, 0.05) is 11.3 Å². The van der Waals surface area contributed by atoms with Crippen molar-refractivity contribution in [2.24, 2.45) is 0 Å². The molecule has 0 fully saturated rings. The maximum absolute atomic E-state index is 14.2. The summed E-state index contributed by atoms with van der Waals surface area (Å²) in [7, 11) is 1.39. The lowest BCUT2D eigenvalue weighted by Gasteiger charge is -2.35. The van der Waals surface area contributed by atoms with Crippen LogP contribution in [0.4, 0.5) is 18.9 Å². The molecular weight excluding hydrogens is 448 g/mol. The molecule has 2 aromatic rings. The number of ether oxygens (including phenoxy) is 2. The van der Waals surface area contributed by atoms with E-state index < -0.39 is 23.7 Å². The van der Waals surface area contributed by atoms with Crippen LogP contribution < -0.4 is 15.4 Å². The molecule has 0 aromatic heterocycles. The average molecular weight is 465 g/mol. The highest BCUT2D eigenvalue weighted by Gasteiger charge is 2.63. The van der Waals surface area contributed by atoms with Crippen molar-refractivity contribution in [2.75, 3.05) is 19.0 Å². The molecule has 0 unspecified atom stereocenters. The Morgan fingerprint density at radius 1 is 1.03 bits per heavy atom. The van der Waals surface area contributed by atoms with Crippen molar-refractivity contribution in [1.82, 2.24) is 5.32 Å². The Morgan fingerprint density at radius 3 is 2.17 bits per heavy atom. The zero-order valence-electron chi connectivity index (χ0n) is 15.8. The van der Waals surface area contributed by atoms with Crippen LogP contribution >= 0.6 is 23.2 Å². The molecule has 0 aliphatic rings. The first-order valence-electron chi connectivity index (χ1n) is 8.47. The van der Waals surface area contributed by atoms with Crippen molar-refractivity contribution in [1.29, 1.82) is 0 Å². The molecule has 0 radical (unpaired) electrons. The molecule has 0 saturated carbocycles. The third-order valence-corrected chi connectivity index (χ3v) is 4.65. The van der Waals surface area contributed by atoms with Gasteiger partial charge in [-0.2, -0.15) is 13.2 Å². The van der Waals surface area contributed by atoms with Crippen LogP contribution in [0.3, 0.4) is 0 Å². The number of hydrogen-bond acceptors (Lipinski definition) is 5. The van der Waals surface area contributed by atoms with E-state index in [1.54, 1.807) is 5.32 Å². The van der Waals surface area contributed by atoms with Gasteiger partial charge in [-0.25, -0.2) is 4.79 Å². The molecule has 1 amide bonds. The molecule has 0 bridgehead atoms. The zero-order chi connectivity index (χ0) is 22.5. The number of esters is 1. The molecule has 2 N–H and O–H groups in total. The number of anilines is 1. The Bertz CT molecular complexity index is 923. The third-order valence-electron chi connectivity index (χ3n) is 3.91. The monoisotopic (exact) mass is 464 g/mol. The number of benzene rings is 2. The minimum Gasteiger partial charge on any atom is -0.497 e. The number of carbonyl (C=O) groups excluding carboxylic acids is 2. The van der Waals surface area contributed by atoms with E-state index in [-0.39, 0.29) is 27.9 Å². The summed E-state index contributed by atoms with van der Waals surface area (Å²) in [6.07, 6.45) is -5.28. The quantitative estimate of drug-likeness (QED) is 0.460. The fourth-order valence-electron chi connectivity index (χ4n) is 2.41. The number of halogens is 5. The van der Waals surface area contributed by atoms with Crippen molar-refractivity contribution in [3.8, 4) is 5.75 Å². The van der Waals surface area contributed by atoms with Crippen molar-refractivity contribution < 1.29 is 32.2 Å². The van der Waals surface area contributed by atoms with Crippen LogP contribution in [0, 0.1) is 0 Å². The number of hydrogen-bond donors (Lipinski definition) is 2. The SMILES string of the molecule is CCOC(=O)[C@](NC(=O)c1ccc(OC)cc1)(Nc1ccc(Cl)c(Cl)c1)C(F)(F)F. The molecule has 6 nitrogen and oxygen atoms in total. The third kappa shape index (κ3) is 5.09. The van der Waals surface area contributed by atoms with E-state index in [9.17, 15) is 22.8 Å². The Hall–Kier alpha value is -2.65. The normalized spacial score (nSPS) is 13.2. The van der Waals surface area contributed by atoms with Gasteiger partial charge in [0.15, 0.2) is 0 Å². The first kappa shape index (κ1) is 23.6. The Kier molecular flexibility index (Phi) is 7.44. The minimum absolute atomic E-state index is 0.0527. The highest BCUT2D eigenvalue weighted by Crippen LogP contribution is 2.35. The van der Waals surface area contributed by atoms with Gasteiger partial charge in [0.05, 0.1) is 23.8 Å². The molecule has 2 aromatic carbocycles. The van der Waals surface area contributed by atoms with Gasteiger partial charge in [-0.05, 0) is 49.4 Å². The van der Waals surface area contributed by atoms with Crippen molar-refractivity contribution in [2.45, 2.75) is 18.8 Å². The summed E-state index contributed by atoms with van der Waals surface area (Å²) in [5, 5.41) is 3.78. The van der Waals surface area contributed by atoms with Gasteiger partial charge in [0.2, 0.25) is 0 Å². The highest BCUT2D eigenvalue weighted by molar-refractivity contribution is 6.42. The molecule has 2 rings (SSSR count). The van der Waals surface area contributed by atoms with Crippen LogP contribution in [0.15, 0.2) is 42.5 Å². The van der Waals surface area contributed by atoms with E-state index in [0.29, 0.717) is 5.75 Å². The van der Waals surface area contributed by atoms with E-state index in [2.05, 4.69) is 4.74 Å². The van der Waals surface area contributed by atoms with E-state index >= 15 is 0 Å². The van der Waals surface area contributed by atoms with E-state index in [1.165, 1.54) is 50.4 Å². The number of amides is 1. The van der Waals surface area contributed by atoms with Crippen molar-refractivity contribution in [3.05, 3.63) is 58.1 Å². The Balaban J connectivity index is 2.50. The summed E-state index contributed by atoms with van der Waals surface area (Å²) in [5.74, 6) is -2.52. The van der Waals surface area contributed by atoms with Crippen LogP contribution in [0.25, 0.3) is 0 Å². The van der Waals surface area contributed by atoms with Gasteiger partial charge in [0.25, 0.3) is 5.91 Å². The van der Waals surface area contributed by atoms with Gasteiger partial charge in [-0.15, -0.1) is 0 Å². The zero-order valence-corrected chi connectivity index (χ0v) is 17.3. The second kappa shape index (κ2) is 9.44. The smallest absolute Gasteiger partial charge is 0.441 e. The Morgan fingerprint density at radius 2 is 1.67 bits per heavy atom. The molecule has 0 heterocycles. The maximum atomic E-state index is 14.2. The fourth-order valence-corrected chi connectivity index (χ4v) is 2.70. The molecule has 0 saturated heterocycles. The molecule has 11 heteroatoms. The van der Waals surface area contributed by atoms with Gasteiger partial charge in [-0.3, -0.25) is 4.79 Å². The summed E-state index contributed by atoms with van der Waals surface area (Å²) in [6.45, 7) is 0.988. The fraction of sp³-hybridized carbons (Fsp3) is 0.263. The highest BCUT2D eigenvalue weighted by atomic mass is 35.5. The number of methoxy groups -OCH3 is 1. The molecule has 0 aliphatic carbocycles. The lowest BCUT2D eigenvalue weighted by Crippen LogP contribution is -2.69. The summed E-state index contributed by atoms with van der Waals surface area (Å²) >= 11 is 11.6. The van der Waals surface area contributed by atoms with Crippen LogP contribution in [0.5, 0.6) is 5.75 Å². The van der Waals surface area contributed by atoms with Gasteiger partial charge in [0.1, 0.15) is 5.75 Å². The lowest BCUT2D eigenvalue weighted by atomic mass is 10.1. The largest absolute Gasteiger partial charge is 0.497 e. The summed E-state index contributed by atoms with van der Waals surface area (Å²) < 4.78 is 52.0. The van der Waals surface area contributed by atoms with Gasteiger partial charge < -0.3 is 20.1 Å². The molecular formula is C19H17Cl2F3N2O4. The second-order valence-electron chi connectivity index (χ2n) is 5.90. The van der Waals surface area contributed by atoms with Crippen LogP contribution in [0.1, 0.15) is 17.3 Å². The Labute approximate surface area is 180 Å². The van der Waals surface area contributed by atoms with Crippen molar-refractivity contribution in [3.63, 3.8) is 0 Å². The van der Waals surface area contributed by atoms with E-state index in [1.807, 2.05) is 5.32 Å². The average Bonchev–Trinajstić information content (AvgIpc) is 2.69. The van der Waals surface area contributed by atoms with Crippen LogP contribution in [-0.4, -0.2) is 37.4 Å². The first-order chi connectivity index (χ1) is 14.0. The molecule has 1 atom stereocenters. The standard InChI is InChI=1S/C19H17Cl2F3N2O4/c1-3-30-17(28)18(19(22,23)24,25-12-6-9-14(20)15(21)10-12)26-16(27)11-4-7-13(29-2)8-5-11/h4-10,25H,3H2,1-2H3,(H,26,27)/t18-/m1/s1. The van der Waals surface area contributed by atoms with E-state index in [4.69, 9.17) is 27.9 Å². The predicted octanol–water partition coefficient (Wildman–Crippen LogP) is 4.67. The van der Waals surface area contributed by atoms with E-state index in [0.717, 1.165) is 6.07 Å². The minimum atomic E-state index is -5.28. The predicted molar refractivity (Wildman–Crippen MR) is 106 cm³/mol. The molecule has 162 valence electrons. The van der Waals surface area contributed by atoms with Gasteiger partial charge >= 0.3 is 17.8 Å². The topological polar surface area (TPSA) is 76.7 Å². The summed E-state index contributed by atoms with van der Waals surface area (Å²) in [5.41, 5.74) is -3.94. The number of alkyl halides is 3. The van der Waals surface area contributed by atoms with Gasteiger partial charge in [-0.1, -0.05) is 23.2 Å². The molecule has 0 spiro atoms.